The molecule has 30 heavy (non-hydrogen) atoms. The highest BCUT2D eigenvalue weighted by Gasteiger charge is 2.28. The van der Waals surface area contributed by atoms with E-state index >= 15 is 0 Å². The van der Waals surface area contributed by atoms with Gasteiger partial charge in [0.2, 0.25) is 11.0 Å². The van der Waals surface area contributed by atoms with Gasteiger partial charge in [-0.15, -0.1) is 10.2 Å². The molecule has 1 aromatic heterocycles. The number of thioether (sulfide) groups is 1. The second kappa shape index (κ2) is 8.87. The number of methoxy groups -OCH3 is 2. The molecule has 0 aliphatic carbocycles. The molecule has 156 valence electrons. The number of hydrogen-bond acceptors (Lipinski definition) is 8. The lowest BCUT2D eigenvalue weighted by molar-refractivity contribution is 0.224. The van der Waals surface area contributed by atoms with E-state index in [0.717, 1.165) is 21.5 Å². The Labute approximate surface area is 191 Å². The first kappa shape index (κ1) is 21.0. The first-order chi connectivity index (χ1) is 14.5. The quantitative estimate of drug-likeness (QED) is 0.446. The van der Waals surface area contributed by atoms with Crippen LogP contribution in [0.15, 0.2) is 40.0 Å². The summed E-state index contributed by atoms with van der Waals surface area (Å²) in [5.41, 5.74) is 2.88. The lowest BCUT2D eigenvalue weighted by Crippen LogP contribution is -2.18. The maximum Gasteiger partial charge on any atom is 0.247 e. The van der Waals surface area contributed by atoms with Crippen molar-refractivity contribution in [3.63, 3.8) is 0 Å². The molecule has 0 saturated heterocycles. The lowest BCUT2D eigenvalue weighted by atomic mass is 10.1. The van der Waals surface area contributed by atoms with E-state index in [1.54, 1.807) is 26.4 Å². The summed E-state index contributed by atoms with van der Waals surface area (Å²) in [7, 11) is 3.14. The monoisotopic (exact) mass is 508 g/mol. The predicted octanol–water partition coefficient (Wildman–Crippen LogP) is 5.59. The fourth-order valence-electron chi connectivity index (χ4n) is 3.07. The van der Waals surface area contributed by atoms with Gasteiger partial charge in [-0.25, -0.2) is 0 Å². The Kier molecular flexibility index (Phi) is 6.21. The summed E-state index contributed by atoms with van der Waals surface area (Å²) in [4.78, 5) is 4.59. The molecule has 0 spiro atoms. The van der Waals surface area contributed by atoms with Gasteiger partial charge in [0.05, 0.1) is 19.2 Å². The SMILES string of the molecule is CCSc1nnc2c(n1)OC(c1cc(OC)c(OC)cc1Cl)Nc1ccc(Br)cc1-2. The number of aromatic nitrogens is 3. The molecule has 4 rings (SSSR count). The molecular formula is C20H18BrClN4O3S. The third kappa shape index (κ3) is 4.01. The molecule has 1 N–H and O–H groups in total. The summed E-state index contributed by atoms with van der Waals surface area (Å²) in [6.07, 6.45) is -0.630. The van der Waals surface area contributed by atoms with Gasteiger partial charge in [-0.3, -0.25) is 0 Å². The Morgan fingerprint density at radius 1 is 1.17 bits per heavy atom. The van der Waals surface area contributed by atoms with Crippen LogP contribution in [0, 0.1) is 0 Å². The van der Waals surface area contributed by atoms with Gasteiger partial charge in [-0.1, -0.05) is 46.2 Å². The fraction of sp³-hybridized carbons (Fsp3) is 0.250. The van der Waals surface area contributed by atoms with Gasteiger partial charge in [-0.2, -0.15) is 4.98 Å². The molecule has 10 heteroatoms. The van der Waals surface area contributed by atoms with Crippen LogP contribution in [-0.4, -0.2) is 35.2 Å². The van der Waals surface area contributed by atoms with Crippen LogP contribution in [0.25, 0.3) is 11.3 Å². The predicted molar refractivity (Wildman–Crippen MR) is 121 cm³/mol. The molecule has 3 aromatic rings. The largest absolute Gasteiger partial charge is 0.493 e. The van der Waals surface area contributed by atoms with Gasteiger partial charge in [0.15, 0.2) is 23.4 Å². The number of halogens is 2. The average molecular weight is 510 g/mol. The number of anilines is 1. The van der Waals surface area contributed by atoms with Crippen molar-refractivity contribution in [1.29, 1.82) is 0 Å². The summed E-state index contributed by atoms with van der Waals surface area (Å²) >= 11 is 11.6. The van der Waals surface area contributed by atoms with Crippen LogP contribution in [0.3, 0.4) is 0 Å². The zero-order chi connectivity index (χ0) is 21.3. The van der Waals surface area contributed by atoms with E-state index in [9.17, 15) is 0 Å². The lowest BCUT2D eigenvalue weighted by Gasteiger charge is -2.21. The molecule has 2 aromatic carbocycles. The number of benzene rings is 2. The molecule has 1 aliphatic heterocycles. The van der Waals surface area contributed by atoms with Crippen LogP contribution in [0.5, 0.6) is 17.4 Å². The van der Waals surface area contributed by atoms with Crippen molar-refractivity contribution < 1.29 is 14.2 Å². The molecule has 0 fully saturated rings. The number of nitrogens with one attached hydrogen (secondary N) is 1. The minimum absolute atomic E-state index is 0.376. The molecule has 0 amide bonds. The van der Waals surface area contributed by atoms with Gasteiger partial charge in [0.25, 0.3) is 0 Å². The van der Waals surface area contributed by atoms with Crippen molar-refractivity contribution >= 4 is 45.0 Å². The van der Waals surface area contributed by atoms with Crippen LogP contribution in [0.1, 0.15) is 18.7 Å². The molecular weight excluding hydrogens is 492 g/mol. The molecule has 1 aliphatic rings. The Hall–Kier alpha value is -2.23. The van der Waals surface area contributed by atoms with Crippen molar-refractivity contribution in [3.05, 3.63) is 45.4 Å². The topological polar surface area (TPSA) is 78.4 Å². The summed E-state index contributed by atoms with van der Waals surface area (Å²) in [6, 6.07) is 9.32. The summed E-state index contributed by atoms with van der Waals surface area (Å²) in [5.74, 6) is 2.29. The standard InChI is InChI=1S/C20H18BrClN4O3S/c1-4-30-20-24-19-17(25-26-20)12-7-10(21)5-6-14(12)23-18(29-19)11-8-15(27-2)16(28-3)9-13(11)22/h5-9,18,23H,4H2,1-3H3. The van der Waals surface area contributed by atoms with Crippen LogP contribution < -0.4 is 19.5 Å². The normalized spacial score (nSPS) is 14.6. The maximum absolute atomic E-state index is 6.57. The van der Waals surface area contributed by atoms with Gasteiger partial charge < -0.3 is 19.5 Å². The molecule has 1 unspecified atom stereocenters. The third-order valence-electron chi connectivity index (χ3n) is 4.45. The minimum Gasteiger partial charge on any atom is -0.493 e. The van der Waals surface area contributed by atoms with E-state index in [0.29, 0.717) is 38.8 Å². The third-order valence-corrected chi connectivity index (χ3v) is 5.99. The zero-order valence-corrected chi connectivity index (χ0v) is 19.6. The fourth-order valence-corrected chi connectivity index (χ4v) is 4.19. The molecule has 0 saturated carbocycles. The van der Waals surface area contributed by atoms with Crippen LogP contribution in [0.2, 0.25) is 5.02 Å². The first-order valence-electron chi connectivity index (χ1n) is 9.06. The van der Waals surface area contributed by atoms with E-state index in [1.807, 2.05) is 25.1 Å². The van der Waals surface area contributed by atoms with Crippen molar-refractivity contribution in [2.75, 3.05) is 25.3 Å². The molecule has 0 radical (unpaired) electrons. The number of ether oxygens (including phenoxy) is 3. The van der Waals surface area contributed by atoms with E-state index < -0.39 is 6.23 Å². The Morgan fingerprint density at radius 3 is 2.67 bits per heavy atom. The van der Waals surface area contributed by atoms with Crippen molar-refractivity contribution in [2.24, 2.45) is 0 Å². The summed E-state index contributed by atoms with van der Waals surface area (Å²) in [6.45, 7) is 2.03. The Bertz CT molecular complexity index is 1100. The van der Waals surface area contributed by atoms with E-state index in [4.69, 9.17) is 25.8 Å². The molecule has 7 nitrogen and oxygen atoms in total. The summed E-state index contributed by atoms with van der Waals surface area (Å²) in [5, 5.41) is 13.0. The van der Waals surface area contributed by atoms with Crippen molar-refractivity contribution in [3.8, 4) is 28.6 Å². The maximum atomic E-state index is 6.57. The zero-order valence-electron chi connectivity index (χ0n) is 16.4. The van der Waals surface area contributed by atoms with Gasteiger partial charge in [0.1, 0.15) is 0 Å². The minimum atomic E-state index is -0.630. The average Bonchev–Trinajstić information content (AvgIpc) is 2.89. The molecule has 1 atom stereocenters. The van der Waals surface area contributed by atoms with E-state index in [2.05, 4.69) is 36.4 Å². The van der Waals surface area contributed by atoms with E-state index in [1.165, 1.54) is 11.8 Å². The highest BCUT2D eigenvalue weighted by atomic mass is 79.9. The highest BCUT2D eigenvalue weighted by Crippen LogP contribution is 2.43. The number of hydrogen-bond donors (Lipinski definition) is 1. The van der Waals surface area contributed by atoms with Crippen LogP contribution in [-0.2, 0) is 0 Å². The number of nitrogens with zero attached hydrogens (tertiary/aromatic N) is 3. The van der Waals surface area contributed by atoms with Gasteiger partial charge in [0, 0.05) is 27.4 Å². The number of rotatable bonds is 5. The molecule has 0 bridgehead atoms. The second-order valence-corrected chi connectivity index (χ2v) is 8.80. The van der Waals surface area contributed by atoms with Gasteiger partial charge >= 0.3 is 0 Å². The van der Waals surface area contributed by atoms with Crippen molar-refractivity contribution in [2.45, 2.75) is 18.3 Å². The summed E-state index contributed by atoms with van der Waals surface area (Å²) < 4.78 is 18.0. The van der Waals surface area contributed by atoms with E-state index in [-0.39, 0.29) is 0 Å². The van der Waals surface area contributed by atoms with Gasteiger partial charge in [-0.05, 0) is 30.0 Å². The highest BCUT2D eigenvalue weighted by molar-refractivity contribution is 9.10. The second-order valence-electron chi connectivity index (χ2n) is 6.24. The first-order valence-corrected chi connectivity index (χ1v) is 11.2. The van der Waals surface area contributed by atoms with Crippen molar-refractivity contribution in [1.82, 2.24) is 15.2 Å². The van der Waals surface area contributed by atoms with Crippen LogP contribution >= 0.6 is 39.3 Å². The Morgan fingerprint density at radius 2 is 1.93 bits per heavy atom. The Balaban J connectivity index is 1.86. The van der Waals surface area contributed by atoms with Crippen LogP contribution in [0.4, 0.5) is 5.69 Å². The smallest absolute Gasteiger partial charge is 0.247 e. The molecule has 2 heterocycles. The number of fused-ring (bicyclic) bond motifs is 3.